The number of carbonyl (C=O) groups is 2. The average Bonchev–Trinajstić information content (AvgIpc) is 2.51. The number of nitrogens with one attached hydrogen (secondary N) is 1. The predicted octanol–water partition coefficient (Wildman–Crippen LogP) is 2.52. The van der Waals surface area contributed by atoms with E-state index in [9.17, 15) is 22.8 Å². The molecule has 2 amide bonds. The Morgan fingerprint density at radius 3 is 2.50 bits per heavy atom. The molecule has 1 rings (SSSR count). The largest absolute Gasteiger partial charge is 0.471 e. The van der Waals surface area contributed by atoms with Crippen LogP contribution in [0.2, 0.25) is 0 Å². The van der Waals surface area contributed by atoms with Crippen LogP contribution in [-0.2, 0) is 16.1 Å². The van der Waals surface area contributed by atoms with Gasteiger partial charge in [0.2, 0.25) is 5.91 Å². The second-order valence-corrected chi connectivity index (χ2v) is 5.76. The van der Waals surface area contributed by atoms with Gasteiger partial charge in [0, 0.05) is 19.3 Å². The quantitative estimate of drug-likeness (QED) is 0.832. The maximum atomic E-state index is 12.4. The lowest BCUT2D eigenvalue weighted by molar-refractivity contribution is -0.184. The van der Waals surface area contributed by atoms with Crippen molar-refractivity contribution in [1.82, 2.24) is 4.90 Å². The molecule has 1 aromatic carbocycles. The molecule has 134 valence electrons. The molecule has 5 nitrogen and oxygen atoms in total. The van der Waals surface area contributed by atoms with Crippen molar-refractivity contribution in [2.24, 2.45) is 11.7 Å². The molecule has 0 aromatic heterocycles. The molecule has 0 aliphatic carbocycles. The number of nitrogens with zero attached hydrogens (tertiary/aromatic N) is 1. The van der Waals surface area contributed by atoms with Crippen LogP contribution in [0.5, 0.6) is 0 Å². The Hall–Kier alpha value is -2.09. The zero-order chi connectivity index (χ0) is 18.5. The third-order valence-electron chi connectivity index (χ3n) is 3.76. The van der Waals surface area contributed by atoms with Crippen molar-refractivity contribution in [3.8, 4) is 0 Å². The third-order valence-corrected chi connectivity index (χ3v) is 3.76. The number of alkyl halides is 3. The topological polar surface area (TPSA) is 75.4 Å². The summed E-state index contributed by atoms with van der Waals surface area (Å²) in [5, 5.41) is 2.64. The third kappa shape index (κ3) is 5.52. The van der Waals surface area contributed by atoms with Crippen LogP contribution in [0.1, 0.15) is 25.8 Å². The molecule has 2 atom stereocenters. The summed E-state index contributed by atoms with van der Waals surface area (Å²) in [5.41, 5.74) is 6.72. The minimum atomic E-state index is -4.91. The Morgan fingerprint density at radius 1 is 1.33 bits per heavy atom. The number of hydrogen-bond acceptors (Lipinski definition) is 3. The van der Waals surface area contributed by atoms with E-state index in [1.54, 1.807) is 18.2 Å². The van der Waals surface area contributed by atoms with Gasteiger partial charge < -0.3 is 16.0 Å². The fourth-order valence-corrected chi connectivity index (χ4v) is 2.05. The molecule has 0 saturated heterocycles. The van der Waals surface area contributed by atoms with E-state index in [1.165, 1.54) is 6.07 Å². The Kier molecular flexibility index (Phi) is 6.77. The summed E-state index contributed by atoms with van der Waals surface area (Å²) in [5.74, 6) is -2.28. The maximum Gasteiger partial charge on any atom is 0.471 e. The second-order valence-electron chi connectivity index (χ2n) is 5.76. The maximum absolute atomic E-state index is 12.4. The number of carbonyl (C=O) groups excluding carboxylic acids is 2. The molecule has 0 bridgehead atoms. The lowest BCUT2D eigenvalue weighted by atomic mass is 9.99. The molecule has 8 heteroatoms. The highest BCUT2D eigenvalue weighted by Gasteiger charge is 2.41. The highest BCUT2D eigenvalue weighted by molar-refractivity contribution is 5.94. The zero-order valence-electron chi connectivity index (χ0n) is 13.9. The number of amides is 2. The lowest BCUT2D eigenvalue weighted by Crippen LogP contribution is -2.40. The molecule has 2 unspecified atom stereocenters. The van der Waals surface area contributed by atoms with Gasteiger partial charge in [-0.25, -0.2) is 0 Å². The molecule has 0 saturated carbocycles. The fourth-order valence-electron chi connectivity index (χ4n) is 2.05. The van der Waals surface area contributed by atoms with Crippen LogP contribution in [0.25, 0.3) is 0 Å². The van der Waals surface area contributed by atoms with Gasteiger partial charge in [-0.15, -0.1) is 0 Å². The summed E-state index contributed by atoms with van der Waals surface area (Å²) < 4.78 is 37.2. The first-order chi connectivity index (χ1) is 11.1. The highest BCUT2D eigenvalue weighted by atomic mass is 19.4. The van der Waals surface area contributed by atoms with E-state index in [2.05, 4.69) is 5.32 Å². The van der Waals surface area contributed by atoms with Gasteiger partial charge in [0.1, 0.15) is 0 Å². The molecule has 0 heterocycles. The van der Waals surface area contributed by atoms with Crippen molar-refractivity contribution in [3.05, 3.63) is 29.8 Å². The monoisotopic (exact) mass is 345 g/mol. The molecule has 3 N–H and O–H groups in total. The van der Waals surface area contributed by atoms with Crippen LogP contribution in [-0.4, -0.2) is 36.0 Å². The van der Waals surface area contributed by atoms with E-state index in [0.29, 0.717) is 16.2 Å². The van der Waals surface area contributed by atoms with Crippen LogP contribution in [0, 0.1) is 5.92 Å². The molecular weight excluding hydrogens is 323 g/mol. The number of anilines is 1. The molecular formula is C16H22F3N3O2. The van der Waals surface area contributed by atoms with Gasteiger partial charge in [0.05, 0.1) is 6.04 Å². The van der Waals surface area contributed by atoms with Gasteiger partial charge in [-0.2, -0.15) is 13.2 Å². The standard InChI is InChI=1S/C16H22F3N3O2/c1-4-10(2)13(20)14(23)21-12-7-5-6-11(8-12)9-22(3)15(24)16(17,18)19/h5-8,10,13H,4,9,20H2,1-3H3,(H,21,23). The van der Waals surface area contributed by atoms with Crippen LogP contribution < -0.4 is 11.1 Å². The fraction of sp³-hybridized carbons (Fsp3) is 0.500. The first-order valence-electron chi connectivity index (χ1n) is 7.54. The number of hydrogen-bond donors (Lipinski definition) is 2. The van der Waals surface area contributed by atoms with E-state index in [4.69, 9.17) is 5.73 Å². The summed E-state index contributed by atoms with van der Waals surface area (Å²) in [6.45, 7) is 3.56. The Bertz CT molecular complexity index is 590. The van der Waals surface area contributed by atoms with Crippen LogP contribution in [0.4, 0.5) is 18.9 Å². The van der Waals surface area contributed by atoms with Gasteiger partial charge in [-0.1, -0.05) is 32.4 Å². The van der Waals surface area contributed by atoms with E-state index < -0.39 is 18.1 Å². The Balaban J connectivity index is 2.77. The number of nitrogens with two attached hydrogens (primary N) is 1. The molecule has 24 heavy (non-hydrogen) atoms. The van der Waals surface area contributed by atoms with E-state index >= 15 is 0 Å². The SMILES string of the molecule is CCC(C)C(N)C(=O)Nc1cccc(CN(C)C(=O)C(F)(F)F)c1. The van der Waals surface area contributed by atoms with E-state index in [1.807, 2.05) is 13.8 Å². The smallest absolute Gasteiger partial charge is 0.334 e. The van der Waals surface area contributed by atoms with Crippen LogP contribution >= 0.6 is 0 Å². The summed E-state index contributed by atoms with van der Waals surface area (Å²) in [6, 6.07) is 5.61. The number of halogens is 3. The van der Waals surface area contributed by atoms with Crippen molar-refractivity contribution in [1.29, 1.82) is 0 Å². The molecule has 0 spiro atoms. The van der Waals surface area contributed by atoms with Crippen molar-refractivity contribution in [2.45, 2.75) is 39.0 Å². The van der Waals surface area contributed by atoms with Crippen LogP contribution in [0.15, 0.2) is 24.3 Å². The zero-order valence-corrected chi connectivity index (χ0v) is 13.9. The van der Waals surface area contributed by atoms with Crippen molar-refractivity contribution in [2.75, 3.05) is 12.4 Å². The van der Waals surface area contributed by atoms with E-state index in [-0.39, 0.29) is 18.4 Å². The van der Waals surface area contributed by atoms with Gasteiger partial charge >= 0.3 is 12.1 Å². The summed E-state index contributed by atoms with van der Waals surface area (Å²) in [7, 11) is 1.07. The molecule has 0 fully saturated rings. The van der Waals surface area contributed by atoms with Crippen molar-refractivity contribution < 1.29 is 22.8 Å². The summed E-state index contributed by atoms with van der Waals surface area (Å²) >= 11 is 0. The van der Waals surface area contributed by atoms with Crippen molar-refractivity contribution >= 4 is 17.5 Å². The minimum absolute atomic E-state index is 0.00345. The first kappa shape index (κ1) is 20.0. The van der Waals surface area contributed by atoms with Gasteiger partial charge in [0.25, 0.3) is 0 Å². The van der Waals surface area contributed by atoms with Gasteiger partial charge in [-0.3, -0.25) is 9.59 Å². The Labute approximate surface area is 139 Å². The minimum Gasteiger partial charge on any atom is -0.334 e. The first-order valence-corrected chi connectivity index (χ1v) is 7.54. The molecule has 1 aromatic rings. The normalized spacial score (nSPS) is 14.0. The predicted molar refractivity (Wildman–Crippen MR) is 85.0 cm³/mol. The average molecular weight is 345 g/mol. The van der Waals surface area contributed by atoms with Crippen molar-refractivity contribution in [3.63, 3.8) is 0 Å². The van der Waals surface area contributed by atoms with Gasteiger partial charge in [-0.05, 0) is 23.6 Å². The summed E-state index contributed by atoms with van der Waals surface area (Å²) in [4.78, 5) is 23.8. The molecule has 0 aliphatic rings. The number of benzene rings is 1. The van der Waals surface area contributed by atoms with Gasteiger partial charge in [0.15, 0.2) is 0 Å². The number of rotatable bonds is 6. The lowest BCUT2D eigenvalue weighted by Gasteiger charge is -2.20. The summed E-state index contributed by atoms with van der Waals surface area (Å²) in [6.07, 6.45) is -4.16. The highest BCUT2D eigenvalue weighted by Crippen LogP contribution is 2.20. The molecule has 0 aliphatic heterocycles. The van der Waals surface area contributed by atoms with E-state index in [0.717, 1.165) is 13.5 Å². The van der Waals surface area contributed by atoms with Crippen LogP contribution in [0.3, 0.4) is 0 Å². The molecule has 0 radical (unpaired) electrons. The Morgan fingerprint density at radius 2 is 1.96 bits per heavy atom. The second kappa shape index (κ2) is 8.14.